The lowest BCUT2D eigenvalue weighted by molar-refractivity contribution is 0.102. The van der Waals surface area contributed by atoms with E-state index >= 15 is 0 Å². The molecule has 0 fully saturated rings. The molecule has 0 radical (unpaired) electrons. The molecule has 1 N–H and O–H groups in total. The number of nitrogens with zero attached hydrogens (tertiary/aromatic N) is 3. The van der Waals surface area contributed by atoms with Gasteiger partial charge >= 0.3 is 0 Å². The molecule has 1 amide bonds. The summed E-state index contributed by atoms with van der Waals surface area (Å²) in [6.07, 6.45) is 1.59. The number of fused-ring (bicyclic) bond motifs is 1. The molecule has 0 aliphatic heterocycles. The Morgan fingerprint density at radius 1 is 1.24 bits per heavy atom. The highest BCUT2D eigenvalue weighted by molar-refractivity contribution is 6.32. The Kier molecular flexibility index (Phi) is 4.50. The summed E-state index contributed by atoms with van der Waals surface area (Å²) in [6, 6.07) is 4.94. The molecule has 2 heterocycles. The average Bonchev–Trinajstić information content (AvgIpc) is 2.87. The Morgan fingerprint density at radius 2 is 2.00 bits per heavy atom. The molecule has 0 atom stereocenters. The first-order valence-corrected chi connectivity index (χ1v) is 7.84. The Balaban J connectivity index is 1.92. The number of rotatable bonds is 4. The average molecular weight is 361 g/mol. The maximum Gasteiger partial charge on any atom is 0.255 e. The predicted octanol–water partition coefficient (Wildman–Crippen LogP) is 3.20. The number of nitrogens with one attached hydrogen (secondary N) is 1. The second-order valence-electron chi connectivity index (χ2n) is 5.45. The van der Waals surface area contributed by atoms with Crippen molar-refractivity contribution in [1.29, 1.82) is 0 Å². The van der Waals surface area contributed by atoms with Gasteiger partial charge in [-0.3, -0.25) is 9.48 Å². The molecule has 2 aromatic heterocycles. The van der Waals surface area contributed by atoms with Gasteiger partial charge in [0.15, 0.2) is 17.1 Å². The van der Waals surface area contributed by atoms with Crippen molar-refractivity contribution in [3.05, 3.63) is 40.7 Å². The molecular weight excluding hydrogens is 344 g/mol. The fourth-order valence-corrected chi connectivity index (χ4v) is 2.92. The van der Waals surface area contributed by atoms with Crippen LogP contribution in [0.25, 0.3) is 11.0 Å². The van der Waals surface area contributed by atoms with Gasteiger partial charge in [-0.15, -0.1) is 0 Å². The third kappa shape index (κ3) is 3.10. The molecule has 3 rings (SSSR count). The number of hydrogen-bond acceptors (Lipinski definition) is 5. The zero-order chi connectivity index (χ0) is 18.1. The van der Waals surface area contributed by atoms with Crippen molar-refractivity contribution in [3.63, 3.8) is 0 Å². The van der Waals surface area contributed by atoms with Crippen molar-refractivity contribution < 1.29 is 14.3 Å². The van der Waals surface area contributed by atoms with E-state index in [1.165, 1.54) is 20.3 Å². The van der Waals surface area contributed by atoms with Crippen molar-refractivity contribution in [1.82, 2.24) is 14.8 Å². The number of hydrogen-bond donors (Lipinski definition) is 1. The monoisotopic (exact) mass is 360 g/mol. The van der Waals surface area contributed by atoms with Crippen LogP contribution < -0.4 is 14.8 Å². The third-order valence-electron chi connectivity index (χ3n) is 3.82. The van der Waals surface area contributed by atoms with Crippen LogP contribution in [-0.4, -0.2) is 34.9 Å². The van der Waals surface area contributed by atoms with Crippen LogP contribution in [0.15, 0.2) is 24.4 Å². The number of aromatic nitrogens is 3. The fraction of sp³-hybridized carbons (Fsp3) is 0.235. The summed E-state index contributed by atoms with van der Waals surface area (Å²) in [6.45, 7) is 1.89. The number of amides is 1. The maximum atomic E-state index is 12.5. The summed E-state index contributed by atoms with van der Waals surface area (Å²) in [4.78, 5) is 16.9. The molecule has 0 bridgehead atoms. The van der Waals surface area contributed by atoms with Gasteiger partial charge in [-0.2, -0.15) is 5.10 Å². The van der Waals surface area contributed by atoms with Crippen LogP contribution in [-0.2, 0) is 7.05 Å². The standard InChI is InChI=1S/C17H17ClN4O3/c1-9-12-7-11(8-19-16(12)22(2)21-9)20-17(23)10-5-13(18)15(25-4)14(6-10)24-3/h5-8H,1-4H3,(H,20,23). The fourth-order valence-electron chi connectivity index (χ4n) is 2.63. The van der Waals surface area contributed by atoms with Crippen LogP contribution in [0.1, 0.15) is 16.1 Å². The van der Waals surface area contributed by atoms with Crippen LogP contribution >= 0.6 is 11.6 Å². The first kappa shape index (κ1) is 17.0. The van der Waals surface area contributed by atoms with Crippen molar-refractivity contribution in [2.24, 2.45) is 7.05 Å². The van der Waals surface area contributed by atoms with E-state index < -0.39 is 0 Å². The van der Waals surface area contributed by atoms with Crippen LogP contribution in [0.2, 0.25) is 5.02 Å². The van der Waals surface area contributed by atoms with Gasteiger partial charge in [0.25, 0.3) is 5.91 Å². The van der Waals surface area contributed by atoms with Gasteiger partial charge < -0.3 is 14.8 Å². The lowest BCUT2D eigenvalue weighted by Gasteiger charge is -2.12. The number of benzene rings is 1. The molecule has 0 spiro atoms. The first-order valence-electron chi connectivity index (χ1n) is 7.46. The van der Waals surface area contributed by atoms with Gasteiger partial charge in [0.1, 0.15) is 0 Å². The minimum atomic E-state index is -0.328. The Hall–Kier alpha value is -2.80. The second kappa shape index (κ2) is 6.60. The summed E-state index contributed by atoms with van der Waals surface area (Å²) < 4.78 is 12.1. The largest absolute Gasteiger partial charge is 0.493 e. The minimum absolute atomic E-state index is 0.295. The van der Waals surface area contributed by atoms with Gasteiger partial charge in [0, 0.05) is 18.0 Å². The molecule has 0 aliphatic carbocycles. The third-order valence-corrected chi connectivity index (χ3v) is 4.10. The van der Waals surface area contributed by atoms with Crippen molar-refractivity contribution in [2.45, 2.75) is 6.92 Å². The van der Waals surface area contributed by atoms with Crippen LogP contribution in [0.3, 0.4) is 0 Å². The number of carbonyl (C=O) groups excluding carboxylic acids is 1. The van der Waals surface area contributed by atoms with E-state index in [9.17, 15) is 4.79 Å². The highest BCUT2D eigenvalue weighted by Gasteiger charge is 2.16. The van der Waals surface area contributed by atoms with Crippen LogP contribution in [0, 0.1) is 6.92 Å². The number of aryl methyl sites for hydroxylation is 2. The summed E-state index contributed by atoms with van der Waals surface area (Å²) in [5, 5.41) is 8.30. The Bertz CT molecular complexity index is 968. The van der Waals surface area contributed by atoms with E-state index in [-0.39, 0.29) is 5.91 Å². The molecule has 7 nitrogen and oxygen atoms in total. The molecule has 0 unspecified atom stereocenters. The smallest absolute Gasteiger partial charge is 0.255 e. The zero-order valence-corrected chi connectivity index (χ0v) is 15.0. The number of methoxy groups -OCH3 is 2. The number of pyridine rings is 1. The topological polar surface area (TPSA) is 78.3 Å². The van der Waals surface area contributed by atoms with Gasteiger partial charge in [-0.25, -0.2) is 4.98 Å². The zero-order valence-electron chi connectivity index (χ0n) is 14.3. The second-order valence-corrected chi connectivity index (χ2v) is 5.86. The lowest BCUT2D eigenvalue weighted by Crippen LogP contribution is -2.12. The quantitative estimate of drug-likeness (QED) is 0.773. The number of ether oxygens (including phenoxy) is 2. The van der Waals surface area contributed by atoms with Gasteiger partial charge in [-0.1, -0.05) is 11.6 Å². The van der Waals surface area contributed by atoms with Gasteiger partial charge in [-0.05, 0) is 25.1 Å². The molecule has 0 saturated heterocycles. The highest BCUT2D eigenvalue weighted by Crippen LogP contribution is 2.36. The van der Waals surface area contributed by atoms with Crippen LogP contribution in [0.4, 0.5) is 5.69 Å². The molecule has 8 heteroatoms. The van der Waals surface area contributed by atoms with Crippen molar-refractivity contribution in [3.8, 4) is 11.5 Å². The number of anilines is 1. The summed E-state index contributed by atoms with van der Waals surface area (Å²) in [5.74, 6) is 0.442. The molecule has 3 aromatic rings. The Labute approximate surface area is 149 Å². The maximum absolute atomic E-state index is 12.5. The van der Waals surface area contributed by atoms with Crippen molar-refractivity contribution in [2.75, 3.05) is 19.5 Å². The van der Waals surface area contributed by atoms with Crippen LogP contribution in [0.5, 0.6) is 11.5 Å². The van der Waals surface area contributed by atoms with E-state index in [1.54, 1.807) is 16.9 Å². The van der Waals surface area contributed by atoms with E-state index in [0.29, 0.717) is 27.8 Å². The van der Waals surface area contributed by atoms with Gasteiger partial charge in [0.05, 0.1) is 36.8 Å². The molecule has 130 valence electrons. The summed E-state index contributed by atoms with van der Waals surface area (Å²) in [5.41, 5.74) is 2.52. The molecular formula is C17H17ClN4O3. The molecule has 0 aliphatic rings. The molecule has 0 saturated carbocycles. The lowest BCUT2D eigenvalue weighted by atomic mass is 10.1. The van der Waals surface area contributed by atoms with E-state index in [2.05, 4.69) is 15.4 Å². The first-order chi connectivity index (χ1) is 11.9. The normalized spacial score (nSPS) is 10.8. The van der Waals surface area contributed by atoms with E-state index in [1.807, 2.05) is 20.0 Å². The highest BCUT2D eigenvalue weighted by atomic mass is 35.5. The molecule has 25 heavy (non-hydrogen) atoms. The SMILES string of the molecule is COc1cc(C(=O)Nc2cnc3c(c2)c(C)nn3C)cc(Cl)c1OC. The van der Waals surface area contributed by atoms with E-state index in [4.69, 9.17) is 21.1 Å². The number of carbonyl (C=O) groups is 1. The Morgan fingerprint density at radius 3 is 2.68 bits per heavy atom. The molecule has 1 aromatic carbocycles. The summed E-state index contributed by atoms with van der Waals surface area (Å²) in [7, 11) is 4.80. The minimum Gasteiger partial charge on any atom is -0.493 e. The summed E-state index contributed by atoms with van der Waals surface area (Å²) >= 11 is 6.15. The van der Waals surface area contributed by atoms with Gasteiger partial charge in [0.2, 0.25) is 0 Å². The van der Waals surface area contributed by atoms with Crippen molar-refractivity contribution >= 4 is 34.2 Å². The predicted molar refractivity (Wildman–Crippen MR) is 95.8 cm³/mol. The van der Waals surface area contributed by atoms with E-state index in [0.717, 1.165) is 16.7 Å². The number of halogens is 1.